The summed E-state index contributed by atoms with van der Waals surface area (Å²) in [6.45, 7) is 5.60. The average molecular weight is 301 g/mol. The summed E-state index contributed by atoms with van der Waals surface area (Å²) in [7, 11) is 0. The normalized spacial score (nSPS) is 11.8. The molecule has 1 heterocycles. The van der Waals surface area contributed by atoms with Gasteiger partial charge in [0.15, 0.2) is 5.82 Å². The van der Waals surface area contributed by atoms with Crippen LogP contribution in [0.5, 0.6) is 0 Å². The number of nitrogens with zero attached hydrogens (tertiary/aromatic N) is 1. The second-order valence-electron chi connectivity index (χ2n) is 5.07. The number of anilines is 1. The second-order valence-corrected chi connectivity index (χ2v) is 5.07. The van der Waals surface area contributed by atoms with Crippen molar-refractivity contribution in [3.05, 3.63) is 47.2 Å². The SMILES string of the molecule is CCc1ccc([C@H](C)NC(=O)C(=O)Nc2cc(C)on2)cc1. The first-order valence-corrected chi connectivity index (χ1v) is 7.13. The van der Waals surface area contributed by atoms with Gasteiger partial charge in [0.2, 0.25) is 0 Å². The molecular weight excluding hydrogens is 282 g/mol. The molecule has 0 aliphatic carbocycles. The molecule has 1 aromatic carbocycles. The molecule has 2 amide bonds. The van der Waals surface area contributed by atoms with Crippen LogP contribution in [0.25, 0.3) is 0 Å². The Morgan fingerprint density at radius 1 is 1.23 bits per heavy atom. The zero-order chi connectivity index (χ0) is 16.1. The first-order chi connectivity index (χ1) is 10.5. The predicted molar refractivity (Wildman–Crippen MR) is 82.2 cm³/mol. The molecule has 0 unspecified atom stereocenters. The molecule has 2 rings (SSSR count). The van der Waals surface area contributed by atoms with E-state index in [2.05, 4.69) is 22.7 Å². The third-order valence-electron chi connectivity index (χ3n) is 3.31. The highest BCUT2D eigenvalue weighted by Gasteiger charge is 2.18. The molecule has 0 fully saturated rings. The van der Waals surface area contributed by atoms with Crippen LogP contribution in [0.2, 0.25) is 0 Å². The summed E-state index contributed by atoms with van der Waals surface area (Å²) < 4.78 is 4.82. The minimum Gasteiger partial charge on any atom is -0.360 e. The van der Waals surface area contributed by atoms with Gasteiger partial charge in [0, 0.05) is 6.07 Å². The fourth-order valence-electron chi connectivity index (χ4n) is 1.99. The highest BCUT2D eigenvalue weighted by atomic mass is 16.5. The van der Waals surface area contributed by atoms with E-state index >= 15 is 0 Å². The number of amides is 2. The van der Waals surface area contributed by atoms with E-state index in [1.165, 1.54) is 11.6 Å². The molecule has 6 heteroatoms. The van der Waals surface area contributed by atoms with Crippen LogP contribution < -0.4 is 10.6 Å². The number of carbonyl (C=O) groups is 2. The number of hydrogen-bond acceptors (Lipinski definition) is 4. The van der Waals surface area contributed by atoms with Crippen LogP contribution in [-0.2, 0) is 16.0 Å². The number of aryl methyl sites for hydroxylation is 2. The van der Waals surface area contributed by atoms with Crippen molar-refractivity contribution in [2.24, 2.45) is 0 Å². The van der Waals surface area contributed by atoms with Crippen LogP contribution in [-0.4, -0.2) is 17.0 Å². The van der Waals surface area contributed by atoms with Gasteiger partial charge in [-0.2, -0.15) is 0 Å². The molecule has 0 bridgehead atoms. The predicted octanol–water partition coefficient (Wildman–Crippen LogP) is 2.36. The summed E-state index contributed by atoms with van der Waals surface area (Å²) in [4.78, 5) is 23.7. The summed E-state index contributed by atoms with van der Waals surface area (Å²) in [5.41, 5.74) is 2.16. The van der Waals surface area contributed by atoms with E-state index < -0.39 is 11.8 Å². The van der Waals surface area contributed by atoms with Gasteiger partial charge in [0.25, 0.3) is 0 Å². The van der Waals surface area contributed by atoms with E-state index in [-0.39, 0.29) is 11.9 Å². The smallest absolute Gasteiger partial charge is 0.314 e. The van der Waals surface area contributed by atoms with Crippen LogP contribution in [0.15, 0.2) is 34.9 Å². The molecule has 22 heavy (non-hydrogen) atoms. The standard InChI is InChI=1S/C16H19N3O3/c1-4-12-5-7-13(8-6-12)11(3)17-15(20)16(21)18-14-9-10(2)22-19-14/h5-9,11H,4H2,1-3H3,(H,17,20)(H,18,19,21)/t11-/m0/s1. The molecule has 0 radical (unpaired) electrons. The van der Waals surface area contributed by atoms with Gasteiger partial charge in [0.05, 0.1) is 6.04 Å². The molecule has 0 saturated carbocycles. The fraction of sp³-hybridized carbons (Fsp3) is 0.312. The maximum Gasteiger partial charge on any atom is 0.314 e. The van der Waals surface area contributed by atoms with Crippen molar-refractivity contribution < 1.29 is 14.1 Å². The van der Waals surface area contributed by atoms with E-state index in [9.17, 15) is 9.59 Å². The Morgan fingerprint density at radius 2 is 1.91 bits per heavy atom. The third-order valence-corrected chi connectivity index (χ3v) is 3.31. The highest BCUT2D eigenvalue weighted by Crippen LogP contribution is 2.14. The topological polar surface area (TPSA) is 84.2 Å². The van der Waals surface area contributed by atoms with Crippen LogP contribution in [0, 0.1) is 6.92 Å². The van der Waals surface area contributed by atoms with Gasteiger partial charge in [-0.15, -0.1) is 0 Å². The molecule has 0 saturated heterocycles. The molecule has 2 aromatic rings. The van der Waals surface area contributed by atoms with Crippen LogP contribution >= 0.6 is 0 Å². The van der Waals surface area contributed by atoms with Crippen molar-refractivity contribution in [2.45, 2.75) is 33.2 Å². The Bertz CT molecular complexity index is 662. The maximum atomic E-state index is 11.9. The Hall–Kier alpha value is -2.63. The molecule has 1 aromatic heterocycles. The number of hydrogen-bond donors (Lipinski definition) is 2. The minimum absolute atomic E-state index is 0.220. The van der Waals surface area contributed by atoms with Gasteiger partial charge in [0.1, 0.15) is 5.76 Å². The Kier molecular flexibility index (Phi) is 4.93. The summed E-state index contributed by atoms with van der Waals surface area (Å²) in [5, 5.41) is 8.64. The van der Waals surface area contributed by atoms with Gasteiger partial charge in [-0.05, 0) is 31.4 Å². The lowest BCUT2D eigenvalue weighted by molar-refractivity contribution is -0.136. The third kappa shape index (κ3) is 3.94. The summed E-state index contributed by atoms with van der Waals surface area (Å²) in [5.74, 6) is -0.712. The lowest BCUT2D eigenvalue weighted by atomic mass is 10.1. The first-order valence-electron chi connectivity index (χ1n) is 7.13. The zero-order valence-electron chi connectivity index (χ0n) is 12.8. The van der Waals surface area contributed by atoms with E-state index in [1.54, 1.807) is 6.92 Å². The second kappa shape index (κ2) is 6.89. The molecule has 0 spiro atoms. The maximum absolute atomic E-state index is 11.9. The Balaban J connectivity index is 1.93. The monoisotopic (exact) mass is 301 g/mol. The largest absolute Gasteiger partial charge is 0.360 e. The summed E-state index contributed by atoms with van der Waals surface area (Å²) >= 11 is 0. The van der Waals surface area contributed by atoms with Gasteiger partial charge < -0.3 is 9.84 Å². The number of rotatable bonds is 4. The fourth-order valence-corrected chi connectivity index (χ4v) is 1.99. The van der Waals surface area contributed by atoms with E-state index in [0.29, 0.717) is 5.76 Å². The first kappa shape index (κ1) is 15.8. The lowest BCUT2D eigenvalue weighted by Gasteiger charge is -2.14. The highest BCUT2D eigenvalue weighted by molar-refractivity contribution is 6.39. The number of aromatic nitrogens is 1. The molecule has 0 aliphatic rings. The molecule has 116 valence electrons. The lowest BCUT2D eigenvalue weighted by Crippen LogP contribution is -2.37. The van der Waals surface area contributed by atoms with Crippen molar-refractivity contribution in [3.8, 4) is 0 Å². The average Bonchev–Trinajstić information content (AvgIpc) is 2.92. The number of carbonyl (C=O) groups excluding carboxylic acids is 2. The van der Waals surface area contributed by atoms with Crippen molar-refractivity contribution in [1.82, 2.24) is 10.5 Å². The molecule has 2 N–H and O–H groups in total. The quantitative estimate of drug-likeness (QED) is 0.849. The van der Waals surface area contributed by atoms with Crippen molar-refractivity contribution in [2.75, 3.05) is 5.32 Å². The van der Waals surface area contributed by atoms with Gasteiger partial charge in [-0.1, -0.05) is 36.3 Å². The van der Waals surface area contributed by atoms with E-state index in [0.717, 1.165) is 12.0 Å². The van der Waals surface area contributed by atoms with E-state index in [1.807, 2.05) is 31.2 Å². The number of benzene rings is 1. The van der Waals surface area contributed by atoms with Gasteiger partial charge >= 0.3 is 11.8 Å². The van der Waals surface area contributed by atoms with Gasteiger partial charge in [-0.3, -0.25) is 14.9 Å². The van der Waals surface area contributed by atoms with Crippen LogP contribution in [0.4, 0.5) is 5.82 Å². The van der Waals surface area contributed by atoms with Crippen LogP contribution in [0.3, 0.4) is 0 Å². The zero-order valence-corrected chi connectivity index (χ0v) is 12.8. The molecular formula is C16H19N3O3. The van der Waals surface area contributed by atoms with Crippen molar-refractivity contribution in [1.29, 1.82) is 0 Å². The van der Waals surface area contributed by atoms with Crippen molar-refractivity contribution in [3.63, 3.8) is 0 Å². The van der Waals surface area contributed by atoms with Crippen molar-refractivity contribution >= 4 is 17.6 Å². The van der Waals surface area contributed by atoms with Gasteiger partial charge in [-0.25, -0.2) is 0 Å². The van der Waals surface area contributed by atoms with E-state index in [4.69, 9.17) is 4.52 Å². The Morgan fingerprint density at radius 3 is 2.45 bits per heavy atom. The minimum atomic E-state index is -0.773. The molecule has 1 atom stereocenters. The molecule has 0 aliphatic heterocycles. The Labute approximate surface area is 128 Å². The summed E-state index contributed by atoms with van der Waals surface area (Å²) in [6, 6.07) is 9.19. The molecule has 6 nitrogen and oxygen atoms in total. The summed E-state index contributed by atoms with van der Waals surface area (Å²) in [6.07, 6.45) is 0.959. The number of nitrogens with one attached hydrogen (secondary N) is 2. The van der Waals surface area contributed by atoms with Crippen LogP contribution in [0.1, 0.15) is 36.8 Å².